The molecule has 1 N–H and O–H groups in total. The minimum atomic E-state index is -0.794. The van der Waals surface area contributed by atoms with E-state index in [1.807, 2.05) is 0 Å². The fraction of sp³-hybridized carbons (Fsp3) is 0.214. The summed E-state index contributed by atoms with van der Waals surface area (Å²) in [6.45, 7) is 0.00817. The van der Waals surface area contributed by atoms with Gasteiger partial charge in [0.1, 0.15) is 12.4 Å². The van der Waals surface area contributed by atoms with E-state index in [1.54, 1.807) is 7.05 Å². The van der Waals surface area contributed by atoms with Crippen molar-refractivity contribution in [3.05, 3.63) is 41.7 Å². The third-order valence-electron chi connectivity index (χ3n) is 2.49. The fourth-order valence-electron chi connectivity index (χ4n) is 1.49. The summed E-state index contributed by atoms with van der Waals surface area (Å²) in [5.41, 5.74) is 0.189. The molecule has 0 fully saturated rings. The topological polar surface area (TPSA) is 69.0 Å². The van der Waals surface area contributed by atoms with E-state index in [-0.39, 0.29) is 24.6 Å². The molecule has 0 spiro atoms. The average molecular weight is 306 g/mol. The number of aryl methyl sites for hydroxylation is 1. The van der Waals surface area contributed by atoms with Crippen molar-refractivity contribution < 1.29 is 18.3 Å². The third-order valence-corrected chi connectivity index (χ3v) is 2.49. The Kier molecular flexibility index (Phi) is 5.03. The summed E-state index contributed by atoms with van der Waals surface area (Å²) >= 11 is 0. The van der Waals surface area contributed by atoms with Gasteiger partial charge in [-0.1, -0.05) is 17.1 Å². The largest absolute Gasteiger partial charge is 0.478 e. The van der Waals surface area contributed by atoms with Gasteiger partial charge in [0.2, 0.25) is 0 Å². The Balaban J connectivity index is 1.74. The number of benzene rings is 1. The van der Waals surface area contributed by atoms with Gasteiger partial charge >= 0.3 is 0 Å². The highest BCUT2D eigenvalue weighted by atomic mass is 19.1. The van der Waals surface area contributed by atoms with Crippen LogP contribution in [0.2, 0.25) is 0 Å². The van der Waals surface area contributed by atoms with Crippen molar-refractivity contribution in [3.8, 4) is 17.6 Å². The first-order valence-corrected chi connectivity index (χ1v) is 6.24. The summed E-state index contributed by atoms with van der Waals surface area (Å²) < 4.78 is 32.4. The number of hydrogen-bond donors (Lipinski definition) is 1. The molecular formula is C14H12F2N4O2. The number of carbonyl (C=O) groups is 1. The summed E-state index contributed by atoms with van der Waals surface area (Å²) in [5, 5.41) is 9.80. The lowest BCUT2D eigenvalue weighted by atomic mass is 10.3. The molecule has 0 radical (unpaired) electrons. The molecule has 1 aromatic carbocycles. The average Bonchev–Trinajstić information content (AvgIpc) is 2.91. The summed E-state index contributed by atoms with van der Waals surface area (Å²) in [7, 11) is 1.65. The Hall–Kier alpha value is -2.95. The fourth-order valence-corrected chi connectivity index (χ4v) is 1.49. The Morgan fingerprint density at radius 3 is 2.91 bits per heavy atom. The van der Waals surface area contributed by atoms with Gasteiger partial charge in [0.05, 0.1) is 12.7 Å². The number of halogens is 2. The van der Waals surface area contributed by atoms with Crippen LogP contribution in [-0.2, 0) is 7.05 Å². The number of rotatable bonds is 4. The predicted molar refractivity (Wildman–Crippen MR) is 73.0 cm³/mol. The lowest BCUT2D eigenvalue weighted by Gasteiger charge is -2.02. The molecule has 6 nitrogen and oxygen atoms in total. The number of nitrogens with one attached hydrogen (secondary N) is 1. The lowest BCUT2D eigenvalue weighted by molar-refractivity contribution is 0.0953. The van der Waals surface area contributed by atoms with Gasteiger partial charge in [-0.15, -0.1) is 5.10 Å². The van der Waals surface area contributed by atoms with E-state index in [9.17, 15) is 13.6 Å². The Morgan fingerprint density at radius 2 is 2.23 bits per heavy atom. The first kappa shape index (κ1) is 15.4. The van der Waals surface area contributed by atoms with Crippen LogP contribution in [0.15, 0.2) is 24.4 Å². The molecule has 114 valence electrons. The monoisotopic (exact) mass is 306 g/mol. The van der Waals surface area contributed by atoms with Crippen molar-refractivity contribution >= 4 is 5.91 Å². The first-order chi connectivity index (χ1) is 10.6. The molecule has 0 aliphatic heterocycles. The summed E-state index contributed by atoms with van der Waals surface area (Å²) in [6.07, 6.45) is 1.48. The van der Waals surface area contributed by atoms with E-state index in [0.29, 0.717) is 0 Å². The highest BCUT2D eigenvalue weighted by Gasteiger charge is 2.07. The van der Waals surface area contributed by atoms with Gasteiger partial charge < -0.3 is 10.1 Å². The smallest absolute Gasteiger partial charge is 0.274 e. The van der Waals surface area contributed by atoms with Gasteiger partial charge in [-0.3, -0.25) is 9.48 Å². The summed E-state index contributed by atoms with van der Waals surface area (Å²) in [6, 6.07) is 3.00. The molecule has 0 aliphatic rings. The highest BCUT2D eigenvalue weighted by Crippen LogP contribution is 2.17. The van der Waals surface area contributed by atoms with Gasteiger partial charge in [0.25, 0.3) is 5.91 Å². The van der Waals surface area contributed by atoms with E-state index >= 15 is 0 Å². The Morgan fingerprint density at radius 1 is 1.41 bits per heavy atom. The van der Waals surface area contributed by atoms with Gasteiger partial charge in [0, 0.05) is 13.1 Å². The Labute approximate surface area is 125 Å². The van der Waals surface area contributed by atoms with Crippen LogP contribution < -0.4 is 10.1 Å². The van der Waals surface area contributed by atoms with Crippen molar-refractivity contribution in [2.75, 3.05) is 13.2 Å². The maximum absolute atomic E-state index is 13.2. The van der Waals surface area contributed by atoms with E-state index in [0.717, 1.165) is 12.1 Å². The SMILES string of the molecule is Cn1cc(C(=O)NCC#CCOc2ccc(F)cc2F)nn1. The number of hydrogen-bond acceptors (Lipinski definition) is 4. The molecule has 1 aromatic heterocycles. The minimum Gasteiger partial charge on any atom is -0.478 e. The second-order valence-corrected chi connectivity index (χ2v) is 4.18. The summed E-state index contributed by atoms with van der Waals surface area (Å²) in [5.74, 6) is 3.28. The highest BCUT2D eigenvalue weighted by molar-refractivity contribution is 5.91. The van der Waals surface area contributed by atoms with Crippen LogP contribution in [0.25, 0.3) is 0 Å². The van der Waals surface area contributed by atoms with Crippen molar-refractivity contribution in [3.63, 3.8) is 0 Å². The second-order valence-electron chi connectivity index (χ2n) is 4.18. The van der Waals surface area contributed by atoms with Crippen LogP contribution in [0.1, 0.15) is 10.5 Å². The van der Waals surface area contributed by atoms with Crippen LogP contribution in [0.5, 0.6) is 5.75 Å². The maximum atomic E-state index is 13.2. The minimum absolute atomic E-state index is 0.0798. The predicted octanol–water partition coefficient (Wildman–Crippen LogP) is 0.905. The normalized spacial score (nSPS) is 9.77. The number of amides is 1. The van der Waals surface area contributed by atoms with E-state index in [2.05, 4.69) is 27.5 Å². The third kappa shape index (κ3) is 4.28. The molecule has 0 bridgehead atoms. The quantitative estimate of drug-likeness (QED) is 0.852. The van der Waals surface area contributed by atoms with E-state index in [4.69, 9.17) is 4.74 Å². The zero-order valence-corrected chi connectivity index (χ0v) is 11.6. The van der Waals surface area contributed by atoms with E-state index < -0.39 is 17.5 Å². The molecule has 0 saturated heterocycles. The second kappa shape index (κ2) is 7.17. The van der Waals surface area contributed by atoms with Crippen LogP contribution in [0, 0.1) is 23.5 Å². The molecular weight excluding hydrogens is 294 g/mol. The zero-order chi connectivity index (χ0) is 15.9. The zero-order valence-electron chi connectivity index (χ0n) is 11.6. The van der Waals surface area contributed by atoms with Crippen molar-refractivity contribution in [2.24, 2.45) is 7.05 Å². The van der Waals surface area contributed by atoms with Crippen molar-refractivity contribution in [1.82, 2.24) is 20.3 Å². The molecule has 1 heterocycles. The molecule has 1 amide bonds. The maximum Gasteiger partial charge on any atom is 0.274 e. The van der Waals surface area contributed by atoms with Gasteiger partial charge in [-0.2, -0.15) is 0 Å². The van der Waals surface area contributed by atoms with Gasteiger partial charge in [0.15, 0.2) is 17.3 Å². The van der Waals surface area contributed by atoms with Gasteiger partial charge in [-0.05, 0) is 12.1 Å². The molecule has 0 saturated carbocycles. The molecule has 0 atom stereocenters. The number of carbonyl (C=O) groups excluding carboxylic acids is 1. The Bertz CT molecular complexity index is 734. The van der Waals surface area contributed by atoms with Crippen LogP contribution >= 0.6 is 0 Å². The molecule has 0 unspecified atom stereocenters. The molecule has 2 rings (SSSR count). The van der Waals surface area contributed by atoms with E-state index in [1.165, 1.54) is 16.9 Å². The van der Waals surface area contributed by atoms with Crippen molar-refractivity contribution in [1.29, 1.82) is 0 Å². The van der Waals surface area contributed by atoms with Crippen molar-refractivity contribution in [2.45, 2.75) is 0 Å². The number of nitrogens with zero attached hydrogens (tertiary/aromatic N) is 3. The molecule has 0 aliphatic carbocycles. The summed E-state index contributed by atoms with van der Waals surface area (Å²) in [4.78, 5) is 11.6. The number of ether oxygens (including phenoxy) is 1. The van der Waals surface area contributed by atoms with Crippen LogP contribution in [0.3, 0.4) is 0 Å². The van der Waals surface area contributed by atoms with Crippen LogP contribution in [-0.4, -0.2) is 34.1 Å². The lowest BCUT2D eigenvalue weighted by Crippen LogP contribution is -2.24. The molecule has 8 heteroatoms. The number of aromatic nitrogens is 3. The molecule has 22 heavy (non-hydrogen) atoms. The van der Waals surface area contributed by atoms with Gasteiger partial charge in [-0.25, -0.2) is 8.78 Å². The molecule has 2 aromatic rings. The standard InChI is InChI=1S/C14H12F2N4O2/c1-20-9-12(18-19-20)14(21)17-6-2-3-7-22-13-5-4-10(15)8-11(13)16/h4-5,8-9H,6-7H2,1H3,(H,17,21). The first-order valence-electron chi connectivity index (χ1n) is 6.24. The van der Waals surface area contributed by atoms with Crippen LogP contribution in [0.4, 0.5) is 8.78 Å².